The highest BCUT2D eigenvalue weighted by atomic mass is 32.2. The lowest BCUT2D eigenvalue weighted by Crippen LogP contribution is -2.31. The number of halogens is 1. The van der Waals surface area contributed by atoms with Crippen molar-refractivity contribution in [3.8, 4) is 5.88 Å². The molecule has 0 bridgehead atoms. The number of aromatic nitrogens is 1. The Labute approximate surface area is 130 Å². The molecule has 0 amide bonds. The van der Waals surface area contributed by atoms with Crippen LogP contribution >= 0.6 is 0 Å². The first-order chi connectivity index (χ1) is 10.5. The molecule has 8 heteroatoms. The highest BCUT2D eigenvalue weighted by Gasteiger charge is 2.22. The largest absolute Gasteiger partial charge is 0.473 e. The highest BCUT2D eigenvalue weighted by Crippen LogP contribution is 2.17. The van der Waals surface area contributed by atoms with Crippen LogP contribution in [0.5, 0.6) is 5.88 Å². The number of pyridine rings is 1. The van der Waals surface area contributed by atoms with Gasteiger partial charge in [-0.2, -0.15) is 4.31 Å². The van der Waals surface area contributed by atoms with Gasteiger partial charge in [0, 0.05) is 31.3 Å². The summed E-state index contributed by atoms with van der Waals surface area (Å²) < 4.78 is 43.8. The molecule has 0 fully saturated rings. The first-order valence-corrected chi connectivity index (χ1v) is 8.50. The summed E-state index contributed by atoms with van der Waals surface area (Å²) in [5.41, 5.74) is 5.60. The fourth-order valence-electron chi connectivity index (χ4n) is 1.75. The van der Waals surface area contributed by atoms with Crippen LogP contribution in [-0.4, -0.2) is 43.9 Å². The first kappa shape index (κ1) is 18.5. The normalized spacial score (nSPS) is 12.7. The van der Waals surface area contributed by atoms with Gasteiger partial charge in [0.15, 0.2) is 0 Å². The molecule has 2 N–H and O–H groups in total. The number of sulfonamides is 1. The Morgan fingerprint density at radius 1 is 1.45 bits per heavy atom. The number of nitrogens with zero attached hydrogens (tertiary/aromatic N) is 2. The minimum atomic E-state index is -3.55. The molecule has 0 spiro atoms. The maximum atomic E-state index is 12.4. The van der Waals surface area contributed by atoms with E-state index in [0.29, 0.717) is 25.0 Å². The summed E-state index contributed by atoms with van der Waals surface area (Å²) in [5.74, 6) is 0.213. The van der Waals surface area contributed by atoms with E-state index in [0.717, 1.165) is 6.42 Å². The van der Waals surface area contributed by atoms with E-state index in [1.807, 2.05) is 6.92 Å². The van der Waals surface area contributed by atoms with Crippen molar-refractivity contribution in [1.82, 2.24) is 9.29 Å². The third kappa shape index (κ3) is 4.75. The maximum Gasteiger partial charge on any atom is 0.244 e. The quantitative estimate of drug-likeness (QED) is 0.744. The van der Waals surface area contributed by atoms with Crippen LogP contribution in [0.15, 0.2) is 35.1 Å². The third-order valence-corrected chi connectivity index (χ3v) is 4.95. The van der Waals surface area contributed by atoms with E-state index in [1.165, 1.54) is 22.6 Å². The second kappa shape index (κ2) is 8.82. The van der Waals surface area contributed by atoms with Gasteiger partial charge < -0.3 is 10.5 Å². The molecular weight excluding hydrogens is 309 g/mol. The van der Waals surface area contributed by atoms with E-state index in [1.54, 1.807) is 6.92 Å². The van der Waals surface area contributed by atoms with E-state index >= 15 is 0 Å². The van der Waals surface area contributed by atoms with E-state index in [9.17, 15) is 12.8 Å². The van der Waals surface area contributed by atoms with Crippen molar-refractivity contribution in [2.45, 2.75) is 25.2 Å². The lowest BCUT2D eigenvalue weighted by molar-refractivity contribution is 0.333. The second-order valence-corrected chi connectivity index (χ2v) is 6.53. The molecule has 124 valence electrons. The molecule has 0 atom stereocenters. The van der Waals surface area contributed by atoms with Crippen LogP contribution in [0.3, 0.4) is 0 Å². The molecule has 1 heterocycles. The van der Waals surface area contributed by atoms with Crippen LogP contribution in [0, 0.1) is 0 Å². The minimum absolute atomic E-state index is 0.0248. The molecule has 6 nitrogen and oxygen atoms in total. The standard InChI is InChI=1S/C14H22FN3O3S/c1-3-7-18(4-2)22(19,20)13-5-6-14(17-10-13)21-11-12(8-15)9-16/h5-6,8,10H,3-4,7,9,11,16H2,1-2H3/b12-8+. The lowest BCUT2D eigenvalue weighted by atomic mass is 10.3. The summed E-state index contributed by atoms with van der Waals surface area (Å²) in [4.78, 5) is 4.05. The van der Waals surface area contributed by atoms with Crippen molar-refractivity contribution >= 4 is 10.0 Å². The molecule has 22 heavy (non-hydrogen) atoms. The molecule has 1 aromatic rings. The van der Waals surface area contributed by atoms with E-state index in [4.69, 9.17) is 10.5 Å². The van der Waals surface area contributed by atoms with E-state index in [-0.39, 0.29) is 23.9 Å². The molecule has 0 radical (unpaired) electrons. The Kier molecular flexibility index (Phi) is 7.43. The summed E-state index contributed by atoms with van der Waals surface area (Å²) in [6.45, 7) is 4.58. The van der Waals surface area contributed by atoms with E-state index in [2.05, 4.69) is 4.98 Å². The van der Waals surface area contributed by atoms with Gasteiger partial charge in [-0.05, 0) is 12.5 Å². The van der Waals surface area contributed by atoms with E-state index < -0.39 is 10.0 Å². The summed E-state index contributed by atoms with van der Waals surface area (Å²) >= 11 is 0. The summed E-state index contributed by atoms with van der Waals surface area (Å²) in [5, 5.41) is 0. The van der Waals surface area contributed by atoms with Crippen molar-refractivity contribution in [2.75, 3.05) is 26.2 Å². The second-order valence-electron chi connectivity index (χ2n) is 4.59. The van der Waals surface area contributed by atoms with Crippen LogP contribution in [-0.2, 0) is 10.0 Å². The van der Waals surface area contributed by atoms with Crippen LogP contribution in [0.4, 0.5) is 4.39 Å². The van der Waals surface area contributed by atoms with Gasteiger partial charge >= 0.3 is 0 Å². The minimum Gasteiger partial charge on any atom is -0.473 e. The molecule has 0 saturated carbocycles. The summed E-state index contributed by atoms with van der Waals surface area (Å²) in [6, 6.07) is 2.87. The average Bonchev–Trinajstić information content (AvgIpc) is 2.53. The lowest BCUT2D eigenvalue weighted by Gasteiger charge is -2.19. The van der Waals surface area contributed by atoms with Crippen LogP contribution < -0.4 is 10.5 Å². The molecule has 0 aliphatic heterocycles. The zero-order chi connectivity index (χ0) is 16.6. The predicted octanol–water partition coefficient (Wildman–Crippen LogP) is 1.69. The number of rotatable bonds is 9. The fraction of sp³-hybridized carbons (Fsp3) is 0.500. The predicted molar refractivity (Wildman–Crippen MR) is 82.7 cm³/mol. The van der Waals surface area contributed by atoms with Crippen molar-refractivity contribution < 1.29 is 17.5 Å². The van der Waals surface area contributed by atoms with Crippen molar-refractivity contribution in [1.29, 1.82) is 0 Å². The number of ether oxygens (including phenoxy) is 1. The van der Waals surface area contributed by atoms with Gasteiger partial charge in [0.1, 0.15) is 11.5 Å². The van der Waals surface area contributed by atoms with Gasteiger partial charge in [-0.25, -0.2) is 17.8 Å². The van der Waals surface area contributed by atoms with Crippen molar-refractivity contribution in [3.63, 3.8) is 0 Å². The molecule has 0 unspecified atom stereocenters. The Morgan fingerprint density at radius 2 is 2.18 bits per heavy atom. The van der Waals surface area contributed by atoms with Gasteiger partial charge in [0.2, 0.25) is 15.9 Å². The van der Waals surface area contributed by atoms with Gasteiger partial charge in [-0.1, -0.05) is 13.8 Å². The maximum absolute atomic E-state index is 12.4. The van der Waals surface area contributed by atoms with Crippen LogP contribution in [0.2, 0.25) is 0 Å². The Bertz CT molecular complexity index is 588. The molecular formula is C14H22FN3O3S. The third-order valence-electron chi connectivity index (χ3n) is 2.99. The van der Waals surface area contributed by atoms with Gasteiger partial charge in [-0.15, -0.1) is 0 Å². The Morgan fingerprint density at radius 3 is 2.64 bits per heavy atom. The topological polar surface area (TPSA) is 85.5 Å². The molecule has 1 aromatic heterocycles. The molecule has 0 aromatic carbocycles. The number of hydrogen-bond acceptors (Lipinski definition) is 5. The summed E-state index contributed by atoms with van der Waals surface area (Å²) in [7, 11) is -3.55. The zero-order valence-electron chi connectivity index (χ0n) is 12.8. The monoisotopic (exact) mass is 331 g/mol. The van der Waals surface area contributed by atoms with Crippen LogP contribution in [0.25, 0.3) is 0 Å². The Balaban J connectivity index is 2.83. The van der Waals surface area contributed by atoms with Gasteiger partial charge in [0.05, 0.1) is 12.5 Å². The number of hydrogen-bond donors (Lipinski definition) is 1. The first-order valence-electron chi connectivity index (χ1n) is 7.06. The van der Waals surface area contributed by atoms with Crippen molar-refractivity contribution in [3.05, 3.63) is 30.2 Å². The molecule has 0 aliphatic carbocycles. The van der Waals surface area contributed by atoms with Gasteiger partial charge in [0.25, 0.3) is 0 Å². The Hall–Kier alpha value is -1.51. The molecule has 0 saturated heterocycles. The zero-order valence-corrected chi connectivity index (χ0v) is 13.6. The highest BCUT2D eigenvalue weighted by molar-refractivity contribution is 7.89. The van der Waals surface area contributed by atoms with Crippen molar-refractivity contribution in [2.24, 2.45) is 5.73 Å². The number of nitrogens with two attached hydrogens (primary N) is 1. The molecule has 0 aliphatic rings. The van der Waals surface area contributed by atoms with Crippen LogP contribution in [0.1, 0.15) is 20.3 Å². The SMILES string of the molecule is CCCN(CC)S(=O)(=O)c1ccc(OC/C(=C/F)CN)nc1. The average molecular weight is 331 g/mol. The smallest absolute Gasteiger partial charge is 0.244 e. The summed E-state index contributed by atoms with van der Waals surface area (Å²) in [6.07, 6.45) is 2.37. The van der Waals surface area contributed by atoms with Gasteiger partial charge in [-0.3, -0.25) is 0 Å². The molecule has 1 rings (SSSR count). The fourth-order valence-corrected chi connectivity index (χ4v) is 3.24.